The molecule has 1 unspecified atom stereocenters. The summed E-state index contributed by atoms with van der Waals surface area (Å²) in [4.78, 5) is 31.5. The van der Waals surface area contributed by atoms with Crippen LogP contribution in [0.15, 0.2) is 53.5 Å². The van der Waals surface area contributed by atoms with Crippen molar-refractivity contribution in [1.82, 2.24) is 4.90 Å². The molecule has 1 spiro atoms. The molecule has 35 heavy (non-hydrogen) atoms. The Balaban J connectivity index is 1.67. The van der Waals surface area contributed by atoms with Crippen LogP contribution < -0.4 is 9.64 Å². The number of anilines is 1. The van der Waals surface area contributed by atoms with Gasteiger partial charge < -0.3 is 19.2 Å². The highest BCUT2D eigenvalue weighted by Gasteiger charge is 2.58. The summed E-state index contributed by atoms with van der Waals surface area (Å²) in [6.07, 6.45) is 3.58. The number of likely N-dealkylation sites (N-methyl/N-ethyl adjacent to an activating group) is 1. The van der Waals surface area contributed by atoms with Gasteiger partial charge in [-0.3, -0.25) is 9.89 Å². The fraction of sp³-hybridized carbons (Fsp3) is 0.321. The maximum atomic E-state index is 11.3. The lowest BCUT2D eigenvalue weighted by molar-refractivity contribution is -0.111. The van der Waals surface area contributed by atoms with Crippen LogP contribution in [0.2, 0.25) is 0 Å². The Labute approximate surface area is 213 Å². The average Bonchev–Trinajstić information content (AvgIpc) is 3.02. The predicted octanol–water partition coefficient (Wildman–Crippen LogP) is 5.15. The number of halogens is 1. The highest BCUT2D eigenvalue weighted by molar-refractivity contribution is 9.08. The number of hydrogen-bond acceptors (Lipinski definition) is 6. The van der Waals surface area contributed by atoms with E-state index in [9.17, 15) is 9.59 Å². The SMILES string of the molecule is CN1c2cc(CBr)ccc2C(C)(C)C12C=Nc1c(c(CN(CC=O)CC=O)cc3ccccc13)O2. The summed E-state index contributed by atoms with van der Waals surface area (Å²) in [6, 6.07) is 16.7. The van der Waals surface area contributed by atoms with Crippen molar-refractivity contribution in [3.63, 3.8) is 0 Å². The molecular formula is C28H28BrN3O3. The predicted molar refractivity (Wildman–Crippen MR) is 143 cm³/mol. The molecular weight excluding hydrogens is 506 g/mol. The summed E-state index contributed by atoms with van der Waals surface area (Å²) in [5.41, 5.74) is 3.98. The molecule has 180 valence electrons. The highest BCUT2D eigenvalue weighted by Crippen LogP contribution is 2.55. The molecule has 7 heteroatoms. The molecule has 0 N–H and O–H groups in total. The number of rotatable bonds is 7. The van der Waals surface area contributed by atoms with Crippen molar-refractivity contribution in [2.45, 2.75) is 36.9 Å². The van der Waals surface area contributed by atoms with E-state index in [0.29, 0.717) is 12.3 Å². The number of carbonyl (C=O) groups excluding carboxylic acids is 2. The van der Waals surface area contributed by atoms with Gasteiger partial charge in [-0.25, -0.2) is 0 Å². The van der Waals surface area contributed by atoms with Gasteiger partial charge in [0.1, 0.15) is 18.3 Å². The van der Waals surface area contributed by atoms with E-state index >= 15 is 0 Å². The molecule has 0 radical (unpaired) electrons. The molecule has 2 aliphatic rings. The zero-order chi connectivity index (χ0) is 24.8. The second-order valence-corrected chi connectivity index (χ2v) is 10.2. The van der Waals surface area contributed by atoms with E-state index in [4.69, 9.17) is 9.73 Å². The molecule has 5 rings (SSSR count). The first-order valence-corrected chi connectivity index (χ1v) is 12.8. The third kappa shape index (κ3) is 3.60. The first-order chi connectivity index (χ1) is 16.9. The lowest BCUT2D eigenvalue weighted by Crippen LogP contribution is -2.61. The zero-order valence-corrected chi connectivity index (χ0v) is 21.7. The van der Waals surface area contributed by atoms with Crippen LogP contribution in [0.5, 0.6) is 5.75 Å². The molecule has 2 aliphatic heterocycles. The number of aldehydes is 2. The van der Waals surface area contributed by atoms with Gasteiger partial charge in [-0.2, -0.15) is 0 Å². The van der Waals surface area contributed by atoms with Gasteiger partial charge in [-0.1, -0.05) is 52.3 Å². The minimum absolute atomic E-state index is 0.168. The first-order valence-electron chi connectivity index (χ1n) is 11.7. The minimum Gasteiger partial charge on any atom is -0.459 e. The van der Waals surface area contributed by atoms with Gasteiger partial charge in [0.15, 0.2) is 5.75 Å². The van der Waals surface area contributed by atoms with Gasteiger partial charge in [0, 0.05) is 35.6 Å². The summed E-state index contributed by atoms with van der Waals surface area (Å²) in [7, 11) is 2.05. The number of aliphatic imine (C=N–C) groups is 1. The van der Waals surface area contributed by atoms with Crippen LogP contribution in [0.1, 0.15) is 30.5 Å². The summed E-state index contributed by atoms with van der Waals surface area (Å²) in [5.74, 6) is 0.696. The molecule has 0 amide bonds. The Hall–Kier alpha value is -3.03. The van der Waals surface area contributed by atoms with E-state index in [1.165, 1.54) is 11.1 Å². The summed E-state index contributed by atoms with van der Waals surface area (Å²) >= 11 is 3.57. The van der Waals surface area contributed by atoms with Crippen molar-refractivity contribution in [3.05, 3.63) is 65.2 Å². The van der Waals surface area contributed by atoms with E-state index in [1.54, 1.807) is 4.90 Å². The Morgan fingerprint density at radius 3 is 2.54 bits per heavy atom. The number of fused-ring (bicyclic) bond motifs is 4. The quantitative estimate of drug-likeness (QED) is 0.310. The smallest absolute Gasteiger partial charge is 0.228 e. The second-order valence-electron chi connectivity index (χ2n) is 9.69. The molecule has 0 aromatic heterocycles. The van der Waals surface area contributed by atoms with Gasteiger partial charge >= 0.3 is 0 Å². The molecule has 0 bridgehead atoms. The van der Waals surface area contributed by atoms with Gasteiger partial charge in [0.2, 0.25) is 5.72 Å². The fourth-order valence-corrected chi connectivity index (χ4v) is 5.77. The number of alkyl halides is 1. The largest absolute Gasteiger partial charge is 0.459 e. The monoisotopic (exact) mass is 533 g/mol. The van der Waals surface area contributed by atoms with E-state index in [0.717, 1.165) is 45.6 Å². The summed E-state index contributed by atoms with van der Waals surface area (Å²) in [6.45, 7) is 5.11. The van der Waals surface area contributed by atoms with Crippen molar-refractivity contribution < 1.29 is 14.3 Å². The van der Waals surface area contributed by atoms with E-state index < -0.39 is 11.1 Å². The second kappa shape index (κ2) is 8.88. The number of ether oxygens (including phenoxy) is 1. The van der Waals surface area contributed by atoms with Crippen molar-refractivity contribution in [2.24, 2.45) is 4.99 Å². The maximum Gasteiger partial charge on any atom is 0.228 e. The van der Waals surface area contributed by atoms with Crippen LogP contribution in [0.3, 0.4) is 0 Å². The zero-order valence-electron chi connectivity index (χ0n) is 20.1. The van der Waals surface area contributed by atoms with Crippen LogP contribution in [0.4, 0.5) is 11.4 Å². The van der Waals surface area contributed by atoms with Crippen LogP contribution in [0.25, 0.3) is 10.8 Å². The van der Waals surface area contributed by atoms with Crippen molar-refractivity contribution in [3.8, 4) is 5.75 Å². The van der Waals surface area contributed by atoms with E-state index in [2.05, 4.69) is 66.0 Å². The third-order valence-electron chi connectivity index (χ3n) is 7.38. The molecule has 6 nitrogen and oxygen atoms in total. The lowest BCUT2D eigenvalue weighted by atomic mass is 9.77. The topological polar surface area (TPSA) is 62.2 Å². The highest BCUT2D eigenvalue weighted by atomic mass is 79.9. The molecule has 3 aromatic rings. The number of carbonyl (C=O) groups is 2. The fourth-order valence-electron chi connectivity index (χ4n) is 5.42. The molecule has 3 aromatic carbocycles. The maximum absolute atomic E-state index is 11.3. The van der Waals surface area contributed by atoms with Gasteiger partial charge in [-0.05, 0) is 42.5 Å². The number of benzene rings is 3. The van der Waals surface area contributed by atoms with E-state index in [-0.39, 0.29) is 13.1 Å². The van der Waals surface area contributed by atoms with Crippen molar-refractivity contribution >= 4 is 56.9 Å². The van der Waals surface area contributed by atoms with Crippen molar-refractivity contribution in [1.29, 1.82) is 0 Å². The summed E-state index contributed by atoms with van der Waals surface area (Å²) < 4.78 is 7.02. The number of hydrogen-bond donors (Lipinski definition) is 0. The van der Waals surface area contributed by atoms with Gasteiger partial charge in [0.25, 0.3) is 0 Å². The van der Waals surface area contributed by atoms with Crippen LogP contribution >= 0.6 is 15.9 Å². The van der Waals surface area contributed by atoms with Gasteiger partial charge in [-0.15, -0.1) is 0 Å². The normalized spacial score (nSPS) is 19.6. The Morgan fingerprint density at radius 1 is 1.09 bits per heavy atom. The van der Waals surface area contributed by atoms with E-state index in [1.807, 2.05) is 30.5 Å². The lowest BCUT2D eigenvalue weighted by Gasteiger charge is -2.45. The molecule has 2 heterocycles. The van der Waals surface area contributed by atoms with Gasteiger partial charge in [0.05, 0.1) is 24.7 Å². The third-order valence-corrected chi connectivity index (χ3v) is 8.03. The van der Waals surface area contributed by atoms with Crippen LogP contribution in [-0.2, 0) is 26.9 Å². The average molecular weight is 534 g/mol. The summed E-state index contributed by atoms with van der Waals surface area (Å²) in [5, 5.41) is 2.82. The van der Waals surface area contributed by atoms with Crippen molar-refractivity contribution in [2.75, 3.05) is 25.0 Å². The Bertz CT molecular complexity index is 1340. The molecule has 1 atom stereocenters. The molecule has 0 saturated heterocycles. The standard InChI is InChI=1S/C28H28BrN3O3/c1-27(2)23-9-8-19(16-29)14-24(23)31(3)28(27)18-30-25-22-7-5-4-6-20(22)15-21(26(25)35-28)17-32(10-12-33)11-13-34/h4-9,12-15,18H,10-11,16-17H2,1-3H3. The number of nitrogens with zero attached hydrogens (tertiary/aromatic N) is 3. The molecule has 0 aliphatic carbocycles. The minimum atomic E-state index is -0.829. The molecule has 0 saturated carbocycles. The molecule has 0 fully saturated rings. The Morgan fingerprint density at radius 2 is 1.83 bits per heavy atom. The first kappa shape index (κ1) is 23.7. The van der Waals surface area contributed by atoms with Crippen LogP contribution in [-0.4, -0.2) is 49.5 Å². The Kier molecular flexibility index (Phi) is 6.01. The van der Waals surface area contributed by atoms with Crippen LogP contribution in [0, 0.1) is 0 Å².